The predicted octanol–water partition coefficient (Wildman–Crippen LogP) is 2.80. The molecule has 2 aromatic rings. The third-order valence-electron chi connectivity index (χ3n) is 4.40. The van der Waals surface area contributed by atoms with Crippen molar-refractivity contribution in [3.05, 3.63) is 54.1 Å². The minimum Gasteiger partial charge on any atom is -0.370 e. The summed E-state index contributed by atoms with van der Waals surface area (Å²) in [4.78, 5) is 8.86. The number of aliphatic imine (C=N–C) groups is 1. The number of nitrogens with one attached hydrogen (secondary N) is 1. The lowest BCUT2D eigenvalue weighted by atomic mass is 9.86. The van der Waals surface area contributed by atoms with Gasteiger partial charge in [-0.2, -0.15) is 0 Å². The predicted molar refractivity (Wildman–Crippen MR) is 109 cm³/mol. The van der Waals surface area contributed by atoms with Crippen LogP contribution in [0, 0.1) is 5.92 Å². The Bertz CT molecular complexity index is 634. The SMILES string of the molecule is I.NC(=NCC1CCC1)NCCc1nccn1Cc1ccccc1. The molecule has 3 rings (SSSR count). The number of hydrogen-bond acceptors (Lipinski definition) is 2. The molecule has 0 saturated heterocycles. The molecule has 1 fully saturated rings. The van der Waals surface area contributed by atoms with E-state index in [1.807, 2.05) is 18.5 Å². The largest absolute Gasteiger partial charge is 0.370 e. The van der Waals surface area contributed by atoms with Crippen LogP contribution >= 0.6 is 24.0 Å². The fraction of sp³-hybridized carbons (Fsp3) is 0.444. The molecule has 3 N–H and O–H groups in total. The van der Waals surface area contributed by atoms with E-state index in [1.54, 1.807) is 0 Å². The van der Waals surface area contributed by atoms with E-state index in [-0.39, 0.29) is 24.0 Å². The van der Waals surface area contributed by atoms with Crippen molar-refractivity contribution in [1.29, 1.82) is 0 Å². The van der Waals surface area contributed by atoms with Gasteiger partial charge >= 0.3 is 0 Å². The third-order valence-corrected chi connectivity index (χ3v) is 4.40. The molecule has 1 aromatic carbocycles. The van der Waals surface area contributed by atoms with Gasteiger partial charge in [0, 0.05) is 38.4 Å². The highest BCUT2D eigenvalue weighted by Gasteiger charge is 2.16. The summed E-state index contributed by atoms with van der Waals surface area (Å²) in [5.74, 6) is 2.37. The van der Waals surface area contributed by atoms with E-state index < -0.39 is 0 Å². The summed E-state index contributed by atoms with van der Waals surface area (Å²) in [6, 6.07) is 10.4. The molecule has 24 heavy (non-hydrogen) atoms. The van der Waals surface area contributed by atoms with Crippen molar-refractivity contribution in [1.82, 2.24) is 14.9 Å². The molecule has 0 radical (unpaired) electrons. The highest BCUT2D eigenvalue weighted by molar-refractivity contribution is 14.0. The Morgan fingerprint density at radius 2 is 2.08 bits per heavy atom. The van der Waals surface area contributed by atoms with Gasteiger partial charge in [-0.05, 0) is 24.3 Å². The summed E-state index contributed by atoms with van der Waals surface area (Å²) in [6.45, 7) is 2.47. The molecule has 130 valence electrons. The van der Waals surface area contributed by atoms with Crippen LogP contribution < -0.4 is 11.1 Å². The fourth-order valence-corrected chi connectivity index (χ4v) is 2.75. The molecular weight excluding hydrogens is 413 g/mol. The van der Waals surface area contributed by atoms with Gasteiger partial charge in [-0.1, -0.05) is 36.8 Å². The maximum absolute atomic E-state index is 5.91. The van der Waals surface area contributed by atoms with Crippen molar-refractivity contribution in [2.75, 3.05) is 13.1 Å². The van der Waals surface area contributed by atoms with Crippen molar-refractivity contribution < 1.29 is 0 Å². The first-order valence-electron chi connectivity index (χ1n) is 8.39. The molecule has 5 nitrogen and oxygen atoms in total. The first-order valence-corrected chi connectivity index (χ1v) is 8.39. The van der Waals surface area contributed by atoms with Crippen LogP contribution in [0.5, 0.6) is 0 Å². The third kappa shape index (κ3) is 5.51. The van der Waals surface area contributed by atoms with Crippen LogP contribution in [0.3, 0.4) is 0 Å². The van der Waals surface area contributed by atoms with Crippen LogP contribution in [0.15, 0.2) is 47.7 Å². The molecule has 0 amide bonds. The highest BCUT2D eigenvalue weighted by atomic mass is 127. The first-order chi connectivity index (χ1) is 11.3. The molecule has 0 atom stereocenters. The average molecular weight is 439 g/mol. The summed E-state index contributed by atoms with van der Waals surface area (Å²) in [5, 5.41) is 3.19. The molecule has 6 heteroatoms. The second-order valence-electron chi connectivity index (χ2n) is 6.16. The summed E-state index contributed by atoms with van der Waals surface area (Å²) < 4.78 is 2.18. The Kier molecular flexibility index (Phi) is 7.55. The number of benzene rings is 1. The molecule has 0 unspecified atom stereocenters. The lowest BCUT2D eigenvalue weighted by Crippen LogP contribution is -2.34. The number of rotatable bonds is 7. The summed E-state index contributed by atoms with van der Waals surface area (Å²) >= 11 is 0. The van der Waals surface area contributed by atoms with Crippen LogP contribution in [0.4, 0.5) is 0 Å². The molecule has 1 aromatic heterocycles. The lowest BCUT2D eigenvalue weighted by molar-refractivity contribution is 0.326. The molecule has 1 aliphatic carbocycles. The Hall–Kier alpha value is -1.57. The van der Waals surface area contributed by atoms with Crippen molar-refractivity contribution in [2.24, 2.45) is 16.6 Å². The van der Waals surface area contributed by atoms with Gasteiger partial charge < -0.3 is 15.6 Å². The van der Waals surface area contributed by atoms with Crippen molar-refractivity contribution in [3.63, 3.8) is 0 Å². The monoisotopic (exact) mass is 439 g/mol. The first kappa shape index (κ1) is 18.8. The zero-order valence-corrected chi connectivity index (χ0v) is 16.2. The van der Waals surface area contributed by atoms with Crippen molar-refractivity contribution >= 4 is 29.9 Å². The fourth-order valence-electron chi connectivity index (χ4n) is 2.75. The van der Waals surface area contributed by atoms with Crippen molar-refractivity contribution in [2.45, 2.75) is 32.2 Å². The number of guanidine groups is 1. The molecule has 1 heterocycles. The maximum atomic E-state index is 5.91. The van der Waals surface area contributed by atoms with Crippen LogP contribution in [0.2, 0.25) is 0 Å². The van der Waals surface area contributed by atoms with Gasteiger partial charge in [0.1, 0.15) is 5.82 Å². The standard InChI is InChI=1S/C18H25N5.HI/c19-18(22-13-15-7-4-8-15)21-10-9-17-20-11-12-23(17)14-16-5-2-1-3-6-16;/h1-3,5-6,11-12,15H,4,7-10,13-14H2,(H3,19,21,22);1H. The van der Waals surface area contributed by atoms with Crippen LogP contribution in [-0.2, 0) is 13.0 Å². The second-order valence-corrected chi connectivity index (χ2v) is 6.16. The average Bonchev–Trinajstić information content (AvgIpc) is 2.94. The van der Waals surface area contributed by atoms with Gasteiger partial charge in [0.15, 0.2) is 5.96 Å². The van der Waals surface area contributed by atoms with Crippen LogP contribution in [0.1, 0.15) is 30.7 Å². The van der Waals surface area contributed by atoms with E-state index in [4.69, 9.17) is 5.73 Å². The second kappa shape index (κ2) is 9.66. The highest BCUT2D eigenvalue weighted by Crippen LogP contribution is 2.26. The zero-order valence-electron chi connectivity index (χ0n) is 13.9. The van der Waals surface area contributed by atoms with Crippen LogP contribution in [-0.4, -0.2) is 28.6 Å². The summed E-state index contributed by atoms with van der Waals surface area (Å²) in [5.41, 5.74) is 7.19. The number of imidazole rings is 1. The Labute approximate surface area is 160 Å². The molecule has 0 spiro atoms. The van der Waals surface area contributed by atoms with Crippen LogP contribution in [0.25, 0.3) is 0 Å². The normalized spacial score (nSPS) is 14.8. The number of hydrogen-bond donors (Lipinski definition) is 2. The smallest absolute Gasteiger partial charge is 0.188 e. The van der Waals surface area contributed by atoms with E-state index in [2.05, 4.69) is 44.1 Å². The van der Waals surface area contributed by atoms with E-state index in [1.165, 1.54) is 24.8 Å². The molecular formula is C18H26IN5. The number of nitrogens with two attached hydrogens (primary N) is 1. The van der Waals surface area contributed by atoms with Gasteiger partial charge in [0.2, 0.25) is 0 Å². The molecule has 0 bridgehead atoms. The van der Waals surface area contributed by atoms with E-state index in [0.29, 0.717) is 5.96 Å². The van der Waals surface area contributed by atoms with E-state index in [9.17, 15) is 0 Å². The summed E-state index contributed by atoms with van der Waals surface area (Å²) in [7, 11) is 0. The van der Waals surface area contributed by atoms with Gasteiger partial charge in [-0.15, -0.1) is 24.0 Å². The van der Waals surface area contributed by atoms with E-state index >= 15 is 0 Å². The lowest BCUT2D eigenvalue weighted by Gasteiger charge is -2.23. The van der Waals surface area contributed by atoms with E-state index in [0.717, 1.165) is 37.8 Å². The Balaban J connectivity index is 0.00000208. The minimum absolute atomic E-state index is 0. The number of aromatic nitrogens is 2. The van der Waals surface area contributed by atoms with Gasteiger partial charge in [-0.25, -0.2) is 4.98 Å². The molecule has 1 aliphatic rings. The van der Waals surface area contributed by atoms with Gasteiger partial charge in [-0.3, -0.25) is 4.99 Å². The summed E-state index contributed by atoms with van der Waals surface area (Å²) in [6.07, 6.45) is 8.65. The molecule has 1 saturated carbocycles. The maximum Gasteiger partial charge on any atom is 0.188 e. The minimum atomic E-state index is 0. The quantitative estimate of drug-likeness (QED) is 0.396. The Morgan fingerprint density at radius 1 is 1.29 bits per heavy atom. The zero-order chi connectivity index (χ0) is 15.9. The number of halogens is 1. The molecule has 0 aliphatic heterocycles. The topological polar surface area (TPSA) is 68.2 Å². The van der Waals surface area contributed by atoms with Gasteiger partial charge in [0.05, 0.1) is 0 Å². The van der Waals surface area contributed by atoms with Gasteiger partial charge in [0.25, 0.3) is 0 Å². The number of nitrogens with zero attached hydrogens (tertiary/aromatic N) is 3. The van der Waals surface area contributed by atoms with Crippen molar-refractivity contribution in [3.8, 4) is 0 Å². The Morgan fingerprint density at radius 3 is 2.79 bits per heavy atom.